The third-order valence-corrected chi connectivity index (χ3v) is 7.34. The fraction of sp³-hybridized carbons (Fsp3) is 0.625. The Labute approximate surface area is 188 Å². The van der Waals surface area contributed by atoms with Crippen LogP contribution in [0.15, 0.2) is 24.5 Å². The van der Waals surface area contributed by atoms with Gasteiger partial charge in [0.15, 0.2) is 0 Å². The molecule has 3 amide bonds. The molecule has 8 nitrogen and oxygen atoms in total. The molecule has 2 aromatic rings. The lowest BCUT2D eigenvalue weighted by molar-refractivity contribution is -0.120. The summed E-state index contributed by atoms with van der Waals surface area (Å²) in [6.07, 6.45) is 11.3. The molecule has 8 heteroatoms. The Kier molecular flexibility index (Phi) is 6.41. The van der Waals surface area contributed by atoms with E-state index in [0.717, 1.165) is 36.8 Å². The highest BCUT2D eigenvalue weighted by Gasteiger charge is 2.27. The molecule has 32 heavy (non-hydrogen) atoms. The van der Waals surface area contributed by atoms with Crippen molar-refractivity contribution in [2.24, 2.45) is 11.8 Å². The van der Waals surface area contributed by atoms with Gasteiger partial charge in [0.1, 0.15) is 0 Å². The Morgan fingerprint density at radius 3 is 2.66 bits per heavy atom. The van der Waals surface area contributed by atoms with Gasteiger partial charge in [-0.3, -0.25) is 15.0 Å². The first-order valence-electron chi connectivity index (χ1n) is 12.0. The maximum Gasteiger partial charge on any atom is 0.328 e. The highest BCUT2D eigenvalue weighted by Crippen LogP contribution is 2.27. The van der Waals surface area contributed by atoms with E-state index in [1.165, 1.54) is 57.3 Å². The second kappa shape index (κ2) is 9.58. The maximum atomic E-state index is 12.3. The minimum Gasteiger partial charge on any atom is -0.381 e. The molecule has 2 aromatic heterocycles. The number of carbonyl (C=O) groups excluding carboxylic acids is 2. The number of piperidine rings is 1. The van der Waals surface area contributed by atoms with Gasteiger partial charge in [0.05, 0.1) is 17.4 Å². The largest absolute Gasteiger partial charge is 0.381 e. The highest BCUT2D eigenvalue weighted by atomic mass is 16.5. The number of nitrogens with one attached hydrogen (secondary N) is 1. The first-order valence-corrected chi connectivity index (χ1v) is 12.0. The maximum absolute atomic E-state index is 12.3. The SMILES string of the molecule is O=C1CCN(c2cnn3ccc(CC4CCN(CCC5CCOCC5)CC4)cc23)C(=O)N1. The highest BCUT2D eigenvalue weighted by molar-refractivity contribution is 6.07. The number of fused-ring (bicyclic) bond motifs is 1. The lowest BCUT2D eigenvalue weighted by Crippen LogP contribution is -2.49. The third-order valence-electron chi connectivity index (χ3n) is 7.34. The summed E-state index contributed by atoms with van der Waals surface area (Å²) in [7, 11) is 0. The summed E-state index contributed by atoms with van der Waals surface area (Å²) < 4.78 is 7.29. The van der Waals surface area contributed by atoms with E-state index in [2.05, 4.69) is 27.4 Å². The molecule has 5 rings (SSSR count). The number of carbonyl (C=O) groups is 2. The molecule has 0 atom stereocenters. The van der Waals surface area contributed by atoms with Gasteiger partial charge in [-0.2, -0.15) is 5.10 Å². The van der Waals surface area contributed by atoms with Gasteiger partial charge >= 0.3 is 6.03 Å². The molecule has 3 fully saturated rings. The van der Waals surface area contributed by atoms with Crippen molar-refractivity contribution < 1.29 is 14.3 Å². The Balaban J connectivity index is 1.17. The first kappa shape index (κ1) is 21.4. The average molecular weight is 440 g/mol. The van der Waals surface area contributed by atoms with Gasteiger partial charge in [0.2, 0.25) is 5.91 Å². The van der Waals surface area contributed by atoms with E-state index in [9.17, 15) is 9.59 Å². The predicted octanol–water partition coefficient (Wildman–Crippen LogP) is 2.85. The quantitative estimate of drug-likeness (QED) is 0.749. The zero-order valence-electron chi connectivity index (χ0n) is 18.7. The minimum atomic E-state index is -0.366. The molecule has 0 spiro atoms. The number of hydrogen-bond donors (Lipinski definition) is 1. The van der Waals surface area contributed by atoms with Crippen molar-refractivity contribution in [1.29, 1.82) is 0 Å². The van der Waals surface area contributed by atoms with Crippen LogP contribution in [-0.4, -0.2) is 65.8 Å². The number of rotatable bonds is 6. The number of nitrogens with zero attached hydrogens (tertiary/aromatic N) is 4. The standard InChI is InChI=1S/C24H33N5O3/c30-23-5-11-28(24(31)26-23)22-17-25-29-12-4-20(16-21(22)29)15-19-2-9-27(10-3-19)8-1-18-6-13-32-14-7-18/h4,12,16-19H,1-3,5-11,13-15H2,(H,26,30,31). The van der Waals surface area contributed by atoms with Crippen LogP contribution in [0.1, 0.15) is 44.1 Å². The van der Waals surface area contributed by atoms with Gasteiger partial charge in [-0.1, -0.05) is 0 Å². The van der Waals surface area contributed by atoms with Crippen LogP contribution in [0.3, 0.4) is 0 Å². The van der Waals surface area contributed by atoms with E-state index >= 15 is 0 Å². The zero-order chi connectivity index (χ0) is 21.9. The van der Waals surface area contributed by atoms with E-state index in [1.807, 2.05) is 6.20 Å². The fourth-order valence-corrected chi connectivity index (χ4v) is 5.29. The summed E-state index contributed by atoms with van der Waals surface area (Å²) in [5, 5.41) is 6.80. The Hall–Kier alpha value is -2.45. The van der Waals surface area contributed by atoms with Crippen LogP contribution in [0.4, 0.5) is 10.5 Å². The van der Waals surface area contributed by atoms with Crippen LogP contribution in [-0.2, 0) is 16.0 Å². The summed E-state index contributed by atoms with van der Waals surface area (Å²) in [6.45, 7) is 5.88. The van der Waals surface area contributed by atoms with Crippen molar-refractivity contribution >= 4 is 23.1 Å². The van der Waals surface area contributed by atoms with Crippen molar-refractivity contribution in [2.45, 2.75) is 44.9 Å². The Morgan fingerprint density at radius 1 is 1.06 bits per heavy atom. The van der Waals surface area contributed by atoms with Gasteiger partial charge in [-0.15, -0.1) is 0 Å². The monoisotopic (exact) mass is 439 g/mol. The third kappa shape index (κ3) is 4.81. The van der Waals surface area contributed by atoms with E-state index in [0.29, 0.717) is 18.9 Å². The molecule has 0 radical (unpaired) electrons. The number of urea groups is 1. The summed E-state index contributed by atoms with van der Waals surface area (Å²) in [6, 6.07) is 3.93. The normalized spacial score (nSPS) is 21.9. The van der Waals surface area contributed by atoms with Crippen molar-refractivity contribution in [1.82, 2.24) is 19.8 Å². The van der Waals surface area contributed by atoms with Crippen molar-refractivity contribution in [2.75, 3.05) is 44.3 Å². The topological polar surface area (TPSA) is 79.2 Å². The zero-order valence-corrected chi connectivity index (χ0v) is 18.7. The molecule has 3 aliphatic heterocycles. The smallest absolute Gasteiger partial charge is 0.328 e. The van der Waals surface area contributed by atoms with E-state index in [1.54, 1.807) is 15.6 Å². The van der Waals surface area contributed by atoms with Crippen LogP contribution in [0.2, 0.25) is 0 Å². The lowest BCUT2D eigenvalue weighted by Gasteiger charge is -2.33. The molecule has 0 bridgehead atoms. The second-order valence-corrected chi connectivity index (χ2v) is 9.48. The molecule has 172 valence electrons. The number of hydrogen-bond acceptors (Lipinski definition) is 5. The summed E-state index contributed by atoms with van der Waals surface area (Å²) in [5.41, 5.74) is 2.97. The lowest BCUT2D eigenvalue weighted by atomic mass is 9.89. The molecule has 0 saturated carbocycles. The molecule has 5 heterocycles. The fourth-order valence-electron chi connectivity index (χ4n) is 5.29. The molecule has 0 aliphatic carbocycles. The number of likely N-dealkylation sites (tertiary alicyclic amines) is 1. The van der Waals surface area contributed by atoms with Crippen molar-refractivity contribution in [3.05, 3.63) is 30.1 Å². The van der Waals surface area contributed by atoms with Gasteiger partial charge in [-0.25, -0.2) is 9.31 Å². The van der Waals surface area contributed by atoms with Crippen LogP contribution < -0.4 is 10.2 Å². The van der Waals surface area contributed by atoms with Crippen LogP contribution in [0.5, 0.6) is 0 Å². The van der Waals surface area contributed by atoms with Gasteiger partial charge in [-0.05, 0) is 87.7 Å². The Bertz CT molecular complexity index is 960. The molecule has 3 saturated heterocycles. The predicted molar refractivity (Wildman–Crippen MR) is 122 cm³/mol. The van der Waals surface area contributed by atoms with Crippen molar-refractivity contribution in [3.63, 3.8) is 0 Å². The molecule has 0 unspecified atom stereocenters. The summed E-state index contributed by atoms with van der Waals surface area (Å²) in [5.74, 6) is 1.32. The molecule has 3 aliphatic rings. The van der Waals surface area contributed by atoms with Gasteiger partial charge in [0.25, 0.3) is 0 Å². The number of aromatic nitrogens is 2. The Morgan fingerprint density at radius 2 is 1.88 bits per heavy atom. The van der Waals surface area contributed by atoms with Crippen molar-refractivity contribution in [3.8, 4) is 0 Å². The second-order valence-electron chi connectivity index (χ2n) is 9.48. The van der Waals surface area contributed by atoms with E-state index < -0.39 is 0 Å². The number of amides is 3. The van der Waals surface area contributed by atoms with Gasteiger partial charge < -0.3 is 9.64 Å². The number of ether oxygens (including phenoxy) is 1. The number of pyridine rings is 1. The molecular formula is C24H33N5O3. The first-order chi connectivity index (χ1) is 15.7. The molecular weight excluding hydrogens is 406 g/mol. The summed E-state index contributed by atoms with van der Waals surface area (Å²) >= 11 is 0. The van der Waals surface area contributed by atoms with E-state index in [4.69, 9.17) is 4.74 Å². The summed E-state index contributed by atoms with van der Waals surface area (Å²) in [4.78, 5) is 28.0. The van der Waals surface area contributed by atoms with Crippen LogP contribution in [0.25, 0.3) is 5.52 Å². The average Bonchev–Trinajstić information content (AvgIpc) is 3.22. The van der Waals surface area contributed by atoms with Crippen LogP contribution in [0, 0.1) is 11.8 Å². The number of anilines is 1. The minimum absolute atomic E-state index is 0.220. The number of imide groups is 1. The molecule has 1 N–H and O–H groups in total. The van der Waals surface area contributed by atoms with Gasteiger partial charge in [0, 0.05) is 32.4 Å². The van der Waals surface area contributed by atoms with E-state index in [-0.39, 0.29) is 11.9 Å². The van der Waals surface area contributed by atoms with Crippen LogP contribution >= 0.6 is 0 Å². The molecule has 0 aromatic carbocycles.